The third-order valence-electron chi connectivity index (χ3n) is 4.81. The molecule has 2 rings (SSSR count). The van der Waals surface area contributed by atoms with Gasteiger partial charge in [0.05, 0.1) is 11.6 Å². The normalized spacial score (nSPS) is 24.9. The molecular weight excluding hydrogens is 246 g/mol. The lowest BCUT2D eigenvalue weighted by atomic mass is 9.62. The van der Waals surface area contributed by atoms with E-state index < -0.39 is 0 Å². The molecule has 0 heterocycles. The van der Waals surface area contributed by atoms with Crippen molar-refractivity contribution in [2.24, 2.45) is 17.3 Å². The highest BCUT2D eigenvalue weighted by Crippen LogP contribution is 2.45. The van der Waals surface area contributed by atoms with Crippen LogP contribution in [-0.4, -0.2) is 5.78 Å². The molecule has 2 nitrogen and oxygen atoms in total. The Morgan fingerprint density at radius 3 is 2.65 bits per heavy atom. The van der Waals surface area contributed by atoms with Crippen molar-refractivity contribution in [1.29, 1.82) is 5.26 Å². The average molecular weight is 269 g/mol. The summed E-state index contributed by atoms with van der Waals surface area (Å²) >= 11 is 0. The Morgan fingerprint density at radius 1 is 1.40 bits per heavy atom. The zero-order chi connectivity index (χ0) is 14.9. The van der Waals surface area contributed by atoms with Gasteiger partial charge in [-0.05, 0) is 48.8 Å². The molecule has 2 heteroatoms. The Morgan fingerprint density at radius 2 is 2.10 bits per heavy atom. The molecule has 0 saturated heterocycles. The van der Waals surface area contributed by atoms with Gasteiger partial charge in [0, 0.05) is 11.5 Å². The number of benzene rings is 1. The second kappa shape index (κ2) is 5.40. The first-order chi connectivity index (χ1) is 9.36. The zero-order valence-corrected chi connectivity index (χ0v) is 12.9. The molecule has 20 heavy (non-hydrogen) atoms. The molecule has 1 saturated carbocycles. The van der Waals surface area contributed by atoms with Crippen LogP contribution < -0.4 is 0 Å². The number of ketones is 1. The number of hydrogen-bond acceptors (Lipinski definition) is 2. The third kappa shape index (κ3) is 2.63. The molecule has 0 N–H and O–H groups in total. The summed E-state index contributed by atoms with van der Waals surface area (Å²) in [5, 5.41) is 8.99. The van der Waals surface area contributed by atoms with Gasteiger partial charge < -0.3 is 0 Å². The first-order valence-corrected chi connectivity index (χ1v) is 7.42. The van der Waals surface area contributed by atoms with Gasteiger partial charge in [-0.15, -0.1) is 0 Å². The lowest BCUT2D eigenvalue weighted by Gasteiger charge is -2.42. The lowest BCUT2D eigenvalue weighted by Crippen LogP contribution is -2.39. The standard InChI is InChI=1S/C18H23NO/c1-12-6-5-9-18(3,4)16(12)17(20)14-7-8-15(11-19)13(2)10-14/h7-8,10,12,16H,5-6,9H2,1-4H3/t12-,16-/m0/s1. The van der Waals surface area contributed by atoms with Crippen LogP contribution in [0.3, 0.4) is 0 Å². The van der Waals surface area contributed by atoms with Crippen molar-refractivity contribution in [3.05, 3.63) is 34.9 Å². The third-order valence-corrected chi connectivity index (χ3v) is 4.81. The highest BCUT2D eigenvalue weighted by Gasteiger charge is 2.41. The van der Waals surface area contributed by atoms with E-state index in [9.17, 15) is 4.79 Å². The summed E-state index contributed by atoms with van der Waals surface area (Å²) in [7, 11) is 0. The Balaban J connectivity index is 2.35. The molecule has 0 amide bonds. The topological polar surface area (TPSA) is 40.9 Å². The summed E-state index contributed by atoms with van der Waals surface area (Å²) in [6.07, 6.45) is 3.46. The minimum atomic E-state index is 0.0660. The highest BCUT2D eigenvalue weighted by atomic mass is 16.1. The van der Waals surface area contributed by atoms with Gasteiger partial charge >= 0.3 is 0 Å². The number of Topliss-reactive ketones (excluding diaryl/α,β-unsaturated/α-hetero) is 1. The van der Waals surface area contributed by atoms with E-state index in [1.807, 2.05) is 19.1 Å². The van der Waals surface area contributed by atoms with Crippen molar-refractivity contribution < 1.29 is 4.79 Å². The largest absolute Gasteiger partial charge is 0.294 e. The lowest BCUT2D eigenvalue weighted by molar-refractivity contribution is 0.0539. The number of hydrogen-bond donors (Lipinski definition) is 0. The van der Waals surface area contributed by atoms with E-state index in [1.165, 1.54) is 6.42 Å². The van der Waals surface area contributed by atoms with Crippen LogP contribution in [-0.2, 0) is 0 Å². The number of nitrogens with zero attached hydrogens (tertiary/aromatic N) is 1. The van der Waals surface area contributed by atoms with Crippen molar-refractivity contribution in [1.82, 2.24) is 0 Å². The maximum Gasteiger partial charge on any atom is 0.166 e. The van der Waals surface area contributed by atoms with Gasteiger partial charge in [-0.1, -0.05) is 33.3 Å². The van der Waals surface area contributed by atoms with Crippen LogP contribution >= 0.6 is 0 Å². The average Bonchev–Trinajstić information content (AvgIpc) is 2.37. The number of carbonyl (C=O) groups is 1. The second-order valence-electron chi connectivity index (χ2n) is 6.84. The van der Waals surface area contributed by atoms with Crippen LogP contribution in [0.25, 0.3) is 0 Å². The van der Waals surface area contributed by atoms with Gasteiger partial charge in [-0.2, -0.15) is 5.26 Å². The second-order valence-corrected chi connectivity index (χ2v) is 6.84. The molecule has 0 spiro atoms. The quantitative estimate of drug-likeness (QED) is 0.741. The van der Waals surface area contributed by atoms with E-state index >= 15 is 0 Å². The van der Waals surface area contributed by atoms with Crippen molar-refractivity contribution in [3.8, 4) is 6.07 Å². The maximum atomic E-state index is 12.9. The fourth-order valence-corrected chi connectivity index (χ4v) is 3.71. The van der Waals surface area contributed by atoms with Gasteiger partial charge in [-0.25, -0.2) is 0 Å². The molecule has 1 aliphatic carbocycles. The predicted octanol–water partition coefficient (Wildman–Crippen LogP) is 4.51. The van der Waals surface area contributed by atoms with Gasteiger partial charge in [0.1, 0.15) is 0 Å². The van der Waals surface area contributed by atoms with E-state index in [1.54, 1.807) is 6.07 Å². The summed E-state index contributed by atoms with van der Waals surface area (Å²) in [4.78, 5) is 12.9. The van der Waals surface area contributed by atoms with E-state index in [-0.39, 0.29) is 17.1 Å². The molecule has 1 aromatic rings. The van der Waals surface area contributed by atoms with Crippen molar-refractivity contribution in [2.75, 3.05) is 0 Å². The van der Waals surface area contributed by atoms with E-state index in [2.05, 4.69) is 26.8 Å². The molecule has 1 aromatic carbocycles. The molecule has 106 valence electrons. The molecule has 0 aliphatic heterocycles. The van der Waals surface area contributed by atoms with Crippen LogP contribution in [0.1, 0.15) is 61.5 Å². The summed E-state index contributed by atoms with van der Waals surface area (Å²) in [5.74, 6) is 0.764. The SMILES string of the molecule is Cc1cc(C(=O)[C@@H]2[C@@H](C)CCCC2(C)C)ccc1C#N. The summed E-state index contributed by atoms with van der Waals surface area (Å²) in [5.41, 5.74) is 2.36. The van der Waals surface area contributed by atoms with E-state index in [4.69, 9.17) is 5.26 Å². The van der Waals surface area contributed by atoms with Gasteiger partial charge in [0.15, 0.2) is 5.78 Å². The molecule has 1 aliphatic rings. The van der Waals surface area contributed by atoms with Gasteiger partial charge in [0.2, 0.25) is 0 Å². The smallest absolute Gasteiger partial charge is 0.166 e. The molecule has 0 bridgehead atoms. The van der Waals surface area contributed by atoms with Crippen molar-refractivity contribution in [2.45, 2.75) is 47.0 Å². The van der Waals surface area contributed by atoms with Gasteiger partial charge in [0.25, 0.3) is 0 Å². The Labute approximate surface area is 121 Å². The highest BCUT2D eigenvalue weighted by molar-refractivity contribution is 5.98. The Kier molecular flexibility index (Phi) is 3.99. The van der Waals surface area contributed by atoms with Gasteiger partial charge in [-0.3, -0.25) is 4.79 Å². The molecule has 2 atom stereocenters. The minimum absolute atomic E-state index is 0.0660. The maximum absolute atomic E-state index is 12.9. The van der Waals surface area contributed by atoms with E-state index in [0.717, 1.165) is 24.0 Å². The number of rotatable bonds is 2. The fraction of sp³-hybridized carbons (Fsp3) is 0.556. The molecule has 0 unspecified atom stereocenters. The number of nitriles is 1. The predicted molar refractivity (Wildman–Crippen MR) is 80.5 cm³/mol. The minimum Gasteiger partial charge on any atom is -0.294 e. The van der Waals surface area contributed by atoms with Crippen LogP contribution in [0.5, 0.6) is 0 Å². The fourth-order valence-electron chi connectivity index (χ4n) is 3.71. The van der Waals surface area contributed by atoms with E-state index in [0.29, 0.717) is 11.5 Å². The molecule has 0 radical (unpaired) electrons. The number of aryl methyl sites for hydroxylation is 1. The van der Waals surface area contributed by atoms with Crippen LogP contribution in [0.4, 0.5) is 0 Å². The van der Waals surface area contributed by atoms with Crippen LogP contribution in [0, 0.1) is 35.5 Å². The first-order valence-electron chi connectivity index (χ1n) is 7.42. The van der Waals surface area contributed by atoms with Crippen molar-refractivity contribution in [3.63, 3.8) is 0 Å². The summed E-state index contributed by atoms with van der Waals surface area (Å²) < 4.78 is 0. The van der Waals surface area contributed by atoms with Crippen molar-refractivity contribution >= 4 is 5.78 Å². The molecule has 0 aromatic heterocycles. The summed E-state index contributed by atoms with van der Waals surface area (Å²) in [6, 6.07) is 7.61. The molecular formula is C18H23NO. The number of carbonyl (C=O) groups excluding carboxylic acids is 1. The Hall–Kier alpha value is -1.62. The summed E-state index contributed by atoms with van der Waals surface area (Å²) in [6.45, 7) is 8.51. The monoisotopic (exact) mass is 269 g/mol. The zero-order valence-electron chi connectivity index (χ0n) is 12.9. The molecule has 1 fully saturated rings. The van der Waals surface area contributed by atoms with Crippen LogP contribution in [0.2, 0.25) is 0 Å². The van der Waals surface area contributed by atoms with Crippen LogP contribution in [0.15, 0.2) is 18.2 Å². The first kappa shape index (κ1) is 14.8. The Bertz CT molecular complexity index is 565.